The first-order chi connectivity index (χ1) is 9.72. The van der Waals surface area contributed by atoms with Gasteiger partial charge >= 0.3 is 5.97 Å². The molecule has 0 fully saturated rings. The molecule has 0 bridgehead atoms. The number of rotatable bonds is 5. The molecule has 0 radical (unpaired) electrons. The molecule has 20 heavy (non-hydrogen) atoms. The molecule has 0 heterocycles. The number of azide groups is 1. The standard InChI is InChI=1S/C15H15N3O2/c1-20-15(19)10-14(17-18-16)9-11-6-7-12-4-2-3-5-13(12)8-11/h2-8,14H,9-10H2,1H3/t14-/m1/s1. The molecule has 2 aromatic carbocycles. The van der Waals surface area contributed by atoms with Crippen molar-refractivity contribution >= 4 is 16.7 Å². The minimum absolute atomic E-state index is 0.0907. The third kappa shape index (κ3) is 3.49. The number of methoxy groups -OCH3 is 1. The lowest BCUT2D eigenvalue weighted by molar-refractivity contribution is -0.140. The molecular formula is C15H15N3O2. The summed E-state index contributed by atoms with van der Waals surface area (Å²) in [4.78, 5) is 14.1. The summed E-state index contributed by atoms with van der Waals surface area (Å²) >= 11 is 0. The summed E-state index contributed by atoms with van der Waals surface area (Å²) in [5.41, 5.74) is 9.61. The maximum Gasteiger partial charge on any atom is 0.305 e. The van der Waals surface area contributed by atoms with Crippen LogP contribution in [-0.2, 0) is 16.0 Å². The normalized spacial score (nSPS) is 11.7. The highest BCUT2D eigenvalue weighted by Gasteiger charge is 2.13. The fourth-order valence-corrected chi connectivity index (χ4v) is 2.14. The van der Waals surface area contributed by atoms with E-state index in [-0.39, 0.29) is 12.4 Å². The summed E-state index contributed by atoms with van der Waals surface area (Å²) in [6.07, 6.45) is 0.609. The van der Waals surface area contributed by atoms with Gasteiger partial charge in [-0.3, -0.25) is 4.79 Å². The van der Waals surface area contributed by atoms with Crippen LogP contribution in [0.4, 0.5) is 0 Å². The van der Waals surface area contributed by atoms with E-state index < -0.39 is 6.04 Å². The van der Waals surface area contributed by atoms with Crippen molar-refractivity contribution in [2.24, 2.45) is 5.11 Å². The Bertz CT molecular complexity index is 663. The summed E-state index contributed by atoms with van der Waals surface area (Å²) in [7, 11) is 1.32. The predicted molar refractivity (Wildman–Crippen MR) is 77.2 cm³/mol. The average molecular weight is 269 g/mol. The van der Waals surface area contributed by atoms with Crippen LogP contribution in [0, 0.1) is 0 Å². The average Bonchev–Trinajstić information content (AvgIpc) is 2.47. The topological polar surface area (TPSA) is 75.1 Å². The molecule has 0 N–H and O–H groups in total. The molecule has 1 atom stereocenters. The minimum Gasteiger partial charge on any atom is -0.469 e. The van der Waals surface area contributed by atoms with Crippen LogP contribution >= 0.6 is 0 Å². The van der Waals surface area contributed by atoms with Gasteiger partial charge in [-0.2, -0.15) is 0 Å². The van der Waals surface area contributed by atoms with Crippen molar-refractivity contribution in [2.75, 3.05) is 7.11 Å². The van der Waals surface area contributed by atoms with Crippen molar-refractivity contribution in [2.45, 2.75) is 18.9 Å². The van der Waals surface area contributed by atoms with Gasteiger partial charge in [-0.15, -0.1) is 0 Å². The molecule has 0 aromatic heterocycles. The van der Waals surface area contributed by atoms with Gasteiger partial charge in [-0.05, 0) is 28.3 Å². The van der Waals surface area contributed by atoms with E-state index in [9.17, 15) is 4.79 Å². The summed E-state index contributed by atoms with van der Waals surface area (Å²) in [6.45, 7) is 0. The van der Waals surface area contributed by atoms with Gasteiger partial charge in [-0.25, -0.2) is 0 Å². The number of nitrogens with zero attached hydrogens (tertiary/aromatic N) is 3. The number of hydrogen-bond donors (Lipinski definition) is 0. The molecule has 0 saturated heterocycles. The second-order valence-corrected chi connectivity index (χ2v) is 4.52. The van der Waals surface area contributed by atoms with Gasteiger partial charge in [0.1, 0.15) is 0 Å². The van der Waals surface area contributed by atoms with E-state index in [0.717, 1.165) is 16.3 Å². The van der Waals surface area contributed by atoms with Crippen LogP contribution in [0.5, 0.6) is 0 Å². The third-order valence-corrected chi connectivity index (χ3v) is 3.13. The van der Waals surface area contributed by atoms with Gasteiger partial charge in [-0.1, -0.05) is 47.6 Å². The zero-order valence-corrected chi connectivity index (χ0v) is 11.2. The Labute approximate surface area is 116 Å². The number of ether oxygens (including phenoxy) is 1. The van der Waals surface area contributed by atoms with Crippen molar-refractivity contribution in [3.8, 4) is 0 Å². The van der Waals surface area contributed by atoms with E-state index in [0.29, 0.717) is 6.42 Å². The first-order valence-electron chi connectivity index (χ1n) is 6.31. The quantitative estimate of drug-likeness (QED) is 0.360. The zero-order chi connectivity index (χ0) is 14.4. The first-order valence-corrected chi connectivity index (χ1v) is 6.31. The molecule has 0 saturated carbocycles. The van der Waals surface area contributed by atoms with E-state index >= 15 is 0 Å². The molecule has 0 unspecified atom stereocenters. The number of hydrogen-bond acceptors (Lipinski definition) is 3. The fraction of sp³-hybridized carbons (Fsp3) is 0.267. The molecule has 0 aliphatic rings. The van der Waals surface area contributed by atoms with Crippen molar-refractivity contribution < 1.29 is 9.53 Å². The maximum absolute atomic E-state index is 11.3. The van der Waals surface area contributed by atoms with E-state index in [1.54, 1.807) is 0 Å². The van der Waals surface area contributed by atoms with E-state index in [1.165, 1.54) is 7.11 Å². The summed E-state index contributed by atoms with van der Waals surface area (Å²) in [5, 5.41) is 5.95. The van der Waals surface area contributed by atoms with Gasteiger partial charge in [0, 0.05) is 4.91 Å². The van der Waals surface area contributed by atoms with Gasteiger partial charge in [0.25, 0.3) is 0 Å². The molecule has 0 aliphatic heterocycles. The Morgan fingerprint density at radius 2 is 2.05 bits per heavy atom. The fourth-order valence-electron chi connectivity index (χ4n) is 2.14. The predicted octanol–water partition coefficient (Wildman–Crippen LogP) is 3.62. The van der Waals surface area contributed by atoms with E-state index in [4.69, 9.17) is 5.53 Å². The molecule has 102 valence electrons. The van der Waals surface area contributed by atoms with Crippen molar-refractivity contribution in [3.05, 3.63) is 58.5 Å². The number of fused-ring (bicyclic) bond motifs is 1. The summed E-state index contributed by atoms with van der Waals surface area (Å²) < 4.78 is 4.61. The monoisotopic (exact) mass is 269 g/mol. The second-order valence-electron chi connectivity index (χ2n) is 4.52. The SMILES string of the molecule is COC(=O)C[C@@H](Cc1ccc2ccccc2c1)N=[N+]=[N-]. The van der Waals surface area contributed by atoms with Crippen LogP contribution in [0.3, 0.4) is 0 Å². The van der Waals surface area contributed by atoms with Crippen LogP contribution in [0.25, 0.3) is 21.2 Å². The first kappa shape index (κ1) is 13.9. The Morgan fingerprint density at radius 1 is 1.30 bits per heavy atom. The lowest BCUT2D eigenvalue weighted by Gasteiger charge is -2.10. The van der Waals surface area contributed by atoms with Crippen LogP contribution in [-0.4, -0.2) is 19.1 Å². The van der Waals surface area contributed by atoms with Gasteiger partial charge in [0.05, 0.1) is 19.6 Å². The molecular weight excluding hydrogens is 254 g/mol. The van der Waals surface area contributed by atoms with E-state index in [1.807, 2.05) is 42.5 Å². The highest BCUT2D eigenvalue weighted by Crippen LogP contribution is 2.18. The molecule has 5 nitrogen and oxygen atoms in total. The highest BCUT2D eigenvalue weighted by molar-refractivity contribution is 5.83. The van der Waals surface area contributed by atoms with Crippen LogP contribution in [0.1, 0.15) is 12.0 Å². The van der Waals surface area contributed by atoms with E-state index in [2.05, 4.69) is 14.8 Å². The lowest BCUT2D eigenvalue weighted by Crippen LogP contribution is -2.15. The minimum atomic E-state index is -0.423. The lowest BCUT2D eigenvalue weighted by atomic mass is 10.0. The number of esters is 1. The number of benzene rings is 2. The maximum atomic E-state index is 11.3. The van der Waals surface area contributed by atoms with Gasteiger partial charge < -0.3 is 4.74 Å². The molecule has 2 aromatic rings. The van der Waals surface area contributed by atoms with Crippen LogP contribution < -0.4 is 0 Å². The Morgan fingerprint density at radius 3 is 2.75 bits per heavy atom. The Balaban J connectivity index is 2.19. The summed E-state index contributed by atoms with van der Waals surface area (Å²) in [6, 6.07) is 13.7. The van der Waals surface area contributed by atoms with Crippen molar-refractivity contribution in [3.63, 3.8) is 0 Å². The second kappa shape index (κ2) is 6.59. The zero-order valence-electron chi connectivity index (χ0n) is 11.2. The van der Waals surface area contributed by atoms with Crippen molar-refractivity contribution in [1.29, 1.82) is 0 Å². The highest BCUT2D eigenvalue weighted by atomic mass is 16.5. The number of carbonyl (C=O) groups is 1. The molecule has 0 amide bonds. The van der Waals surface area contributed by atoms with Gasteiger partial charge in [0.2, 0.25) is 0 Å². The largest absolute Gasteiger partial charge is 0.469 e. The molecule has 5 heteroatoms. The van der Waals surface area contributed by atoms with Crippen molar-refractivity contribution in [1.82, 2.24) is 0 Å². The summed E-state index contributed by atoms with van der Waals surface area (Å²) in [5.74, 6) is -0.372. The van der Waals surface area contributed by atoms with Crippen LogP contribution in [0.2, 0.25) is 0 Å². The molecule has 2 rings (SSSR count). The van der Waals surface area contributed by atoms with Crippen LogP contribution in [0.15, 0.2) is 47.6 Å². The Hall–Kier alpha value is -2.52. The smallest absolute Gasteiger partial charge is 0.305 e. The van der Waals surface area contributed by atoms with Gasteiger partial charge in [0.15, 0.2) is 0 Å². The molecule has 0 spiro atoms. The third-order valence-electron chi connectivity index (χ3n) is 3.13. The Kier molecular flexibility index (Phi) is 4.58. The molecule has 0 aliphatic carbocycles. The number of carbonyl (C=O) groups excluding carboxylic acids is 1.